The minimum Gasteiger partial charge on any atom is -0.495 e. The molecule has 21 heavy (non-hydrogen) atoms. The van der Waals surface area contributed by atoms with Gasteiger partial charge >= 0.3 is 0 Å². The number of nitrogens with two attached hydrogens (primary N) is 1. The number of methoxy groups -OCH3 is 2. The molecule has 0 unspecified atom stereocenters. The molecule has 0 saturated carbocycles. The highest BCUT2D eigenvalue weighted by molar-refractivity contribution is 5.91. The second-order valence-corrected chi connectivity index (χ2v) is 4.88. The van der Waals surface area contributed by atoms with Crippen LogP contribution in [0.3, 0.4) is 0 Å². The molecule has 3 N–H and O–H groups in total. The van der Waals surface area contributed by atoms with Crippen LogP contribution in [-0.2, 0) is 0 Å². The maximum atomic E-state index is 5.95. The third kappa shape index (κ3) is 2.16. The molecule has 0 aliphatic carbocycles. The third-order valence-corrected chi connectivity index (χ3v) is 3.56. The number of pyridine rings is 1. The van der Waals surface area contributed by atoms with Gasteiger partial charge in [-0.05, 0) is 36.8 Å². The van der Waals surface area contributed by atoms with Gasteiger partial charge in [-0.25, -0.2) is 4.98 Å². The lowest BCUT2D eigenvalue weighted by Crippen LogP contribution is -1.94. The molecule has 1 aromatic carbocycles. The SMILES string of the molecule is COc1cc2cc(-c3c(C)ccnc3OC)[nH]c2cc1N. The van der Waals surface area contributed by atoms with Crippen LogP contribution >= 0.6 is 0 Å². The number of benzene rings is 1. The number of ether oxygens (including phenoxy) is 2. The Balaban J connectivity index is 2.22. The number of fused-ring (bicyclic) bond motifs is 1. The van der Waals surface area contributed by atoms with Gasteiger partial charge < -0.3 is 20.2 Å². The molecule has 0 radical (unpaired) electrons. The largest absolute Gasteiger partial charge is 0.495 e. The van der Waals surface area contributed by atoms with Crippen molar-refractivity contribution in [1.29, 1.82) is 0 Å². The molecule has 108 valence electrons. The fourth-order valence-electron chi connectivity index (χ4n) is 2.50. The number of nitrogens with one attached hydrogen (secondary N) is 1. The Labute approximate surface area is 122 Å². The van der Waals surface area contributed by atoms with Gasteiger partial charge in [0.15, 0.2) is 0 Å². The van der Waals surface area contributed by atoms with E-state index in [2.05, 4.69) is 9.97 Å². The van der Waals surface area contributed by atoms with Crippen LogP contribution in [0.15, 0.2) is 30.5 Å². The second-order valence-electron chi connectivity index (χ2n) is 4.88. The minimum atomic E-state index is 0.599. The van der Waals surface area contributed by atoms with Gasteiger partial charge in [0.25, 0.3) is 0 Å². The van der Waals surface area contributed by atoms with Crippen LogP contribution in [0, 0.1) is 6.92 Å². The van der Waals surface area contributed by atoms with Crippen LogP contribution in [0.5, 0.6) is 11.6 Å². The first-order valence-electron chi connectivity index (χ1n) is 6.60. The van der Waals surface area contributed by atoms with Crippen LogP contribution in [0.2, 0.25) is 0 Å². The maximum absolute atomic E-state index is 5.95. The number of rotatable bonds is 3. The van der Waals surface area contributed by atoms with Crippen LogP contribution < -0.4 is 15.2 Å². The van der Waals surface area contributed by atoms with Crippen molar-refractivity contribution in [3.05, 3.63) is 36.0 Å². The average Bonchev–Trinajstić information content (AvgIpc) is 2.87. The zero-order valence-electron chi connectivity index (χ0n) is 12.2. The van der Waals surface area contributed by atoms with E-state index >= 15 is 0 Å². The van der Waals surface area contributed by atoms with Crippen molar-refractivity contribution >= 4 is 16.6 Å². The molecule has 0 amide bonds. The lowest BCUT2D eigenvalue weighted by Gasteiger charge is -2.08. The van der Waals surface area contributed by atoms with E-state index in [1.807, 2.05) is 31.2 Å². The predicted molar refractivity (Wildman–Crippen MR) is 83.8 cm³/mol. The first-order valence-corrected chi connectivity index (χ1v) is 6.60. The van der Waals surface area contributed by atoms with Crippen molar-refractivity contribution < 1.29 is 9.47 Å². The van der Waals surface area contributed by atoms with E-state index in [1.165, 1.54) is 0 Å². The summed E-state index contributed by atoms with van der Waals surface area (Å²) in [4.78, 5) is 7.63. The average molecular weight is 283 g/mol. The van der Waals surface area contributed by atoms with E-state index in [0.29, 0.717) is 17.3 Å². The summed E-state index contributed by atoms with van der Waals surface area (Å²) in [6.07, 6.45) is 1.74. The van der Waals surface area contributed by atoms with E-state index in [9.17, 15) is 0 Å². The third-order valence-electron chi connectivity index (χ3n) is 3.56. The molecule has 3 rings (SSSR count). The molecule has 2 aromatic heterocycles. The topological polar surface area (TPSA) is 73.2 Å². The molecule has 0 spiro atoms. The molecule has 0 fully saturated rings. The summed E-state index contributed by atoms with van der Waals surface area (Å²) in [5.41, 5.74) is 10.5. The van der Waals surface area contributed by atoms with Crippen molar-refractivity contribution in [2.24, 2.45) is 0 Å². The number of hydrogen-bond donors (Lipinski definition) is 2. The Hall–Kier alpha value is -2.69. The molecular weight excluding hydrogens is 266 g/mol. The molecule has 3 aromatic rings. The maximum Gasteiger partial charge on any atom is 0.222 e. The van der Waals surface area contributed by atoms with Crippen molar-refractivity contribution in [3.63, 3.8) is 0 Å². The smallest absolute Gasteiger partial charge is 0.222 e. The van der Waals surface area contributed by atoms with E-state index < -0.39 is 0 Å². The molecule has 0 aliphatic rings. The van der Waals surface area contributed by atoms with Crippen molar-refractivity contribution in [3.8, 4) is 22.9 Å². The number of aromatic nitrogens is 2. The molecule has 5 nitrogen and oxygen atoms in total. The molecule has 0 aliphatic heterocycles. The Morgan fingerprint density at radius 1 is 1.14 bits per heavy atom. The van der Waals surface area contributed by atoms with Gasteiger partial charge in [0, 0.05) is 17.1 Å². The number of aromatic amines is 1. The predicted octanol–water partition coefficient (Wildman–Crippen LogP) is 3.14. The highest BCUT2D eigenvalue weighted by Crippen LogP contribution is 2.35. The number of hydrogen-bond acceptors (Lipinski definition) is 4. The summed E-state index contributed by atoms with van der Waals surface area (Å²) in [6.45, 7) is 2.03. The standard InChI is InChI=1S/C16H17N3O2/c1-9-4-5-18-16(21-3)15(9)13-6-10-7-14(20-2)11(17)8-12(10)19-13/h4-8,19H,17H2,1-3H3. The van der Waals surface area contributed by atoms with Gasteiger partial charge in [-0.15, -0.1) is 0 Å². The van der Waals surface area contributed by atoms with Gasteiger partial charge in [-0.1, -0.05) is 0 Å². The number of anilines is 1. The van der Waals surface area contributed by atoms with Crippen molar-refractivity contribution in [2.75, 3.05) is 20.0 Å². The number of nitrogens with zero attached hydrogens (tertiary/aromatic N) is 1. The highest BCUT2D eigenvalue weighted by atomic mass is 16.5. The van der Waals surface area contributed by atoms with Crippen molar-refractivity contribution in [1.82, 2.24) is 9.97 Å². The highest BCUT2D eigenvalue weighted by Gasteiger charge is 2.14. The lowest BCUT2D eigenvalue weighted by molar-refractivity contribution is 0.399. The monoisotopic (exact) mass is 283 g/mol. The van der Waals surface area contributed by atoms with E-state index in [0.717, 1.165) is 27.7 Å². The van der Waals surface area contributed by atoms with Crippen LogP contribution in [-0.4, -0.2) is 24.2 Å². The molecular formula is C16H17N3O2. The van der Waals surface area contributed by atoms with Crippen LogP contribution in [0.4, 0.5) is 5.69 Å². The lowest BCUT2D eigenvalue weighted by atomic mass is 10.1. The van der Waals surface area contributed by atoms with Gasteiger partial charge in [0.05, 0.1) is 31.2 Å². The Bertz CT molecular complexity index is 809. The van der Waals surface area contributed by atoms with Gasteiger partial charge in [-0.2, -0.15) is 0 Å². The molecule has 0 saturated heterocycles. The fraction of sp³-hybridized carbons (Fsp3) is 0.188. The molecule has 0 atom stereocenters. The Morgan fingerprint density at radius 3 is 2.67 bits per heavy atom. The zero-order valence-corrected chi connectivity index (χ0v) is 12.2. The normalized spacial score (nSPS) is 10.8. The summed E-state index contributed by atoms with van der Waals surface area (Å²) in [5.74, 6) is 1.27. The summed E-state index contributed by atoms with van der Waals surface area (Å²) >= 11 is 0. The Morgan fingerprint density at radius 2 is 1.95 bits per heavy atom. The zero-order chi connectivity index (χ0) is 15.0. The number of aryl methyl sites for hydroxylation is 1. The number of H-pyrrole nitrogens is 1. The number of nitrogen functional groups attached to an aromatic ring is 1. The van der Waals surface area contributed by atoms with Gasteiger partial charge in [0.2, 0.25) is 5.88 Å². The Kier molecular flexibility index (Phi) is 3.17. The van der Waals surface area contributed by atoms with Crippen LogP contribution in [0.25, 0.3) is 22.2 Å². The summed E-state index contributed by atoms with van der Waals surface area (Å²) in [5, 5.41) is 1.03. The van der Waals surface area contributed by atoms with Crippen molar-refractivity contribution in [2.45, 2.75) is 6.92 Å². The summed E-state index contributed by atoms with van der Waals surface area (Å²) in [6, 6.07) is 7.79. The van der Waals surface area contributed by atoms with E-state index in [1.54, 1.807) is 20.4 Å². The quantitative estimate of drug-likeness (QED) is 0.724. The first-order chi connectivity index (χ1) is 10.1. The van der Waals surface area contributed by atoms with Gasteiger partial charge in [-0.3, -0.25) is 0 Å². The molecule has 5 heteroatoms. The minimum absolute atomic E-state index is 0.599. The molecule has 2 heterocycles. The van der Waals surface area contributed by atoms with Gasteiger partial charge in [0.1, 0.15) is 5.75 Å². The molecule has 0 bridgehead atoms. The first kappa shape index (κ1) is 13.3. The van der Waals surface area contributed by atoms with Crippen LogP contribution in [0.1, 0.15) is 5.56 Å². The van der Waals surface area contributed by atoms with E-state index in [4.69, 9.17) is 15.2 Å². The second kappa shape index (κ2) is 5.01. The summed E-state index contributed by atoms with van der Waals surface area (Å²) < 4.78 is 10.6. The summed E-state index contributed by atoms with van der Waals surface area (Å²) in [7, 11) is 3.23. The van der Waals surface area contributed by atoms with E-state index in [-0.39, 0.29) is 0 Å². The fourth-order valence-corrected chi connectivity index (χ4v) is 2.50.